The third kappa shape index (κ3) is 4.50. The highest BCUT2D eigenvalue weighted by atomic mass is 127. The molecule has 0 aliphatic carbocycles. The Morgan fingerprint density at radius 2 is 1.92 bits per heavy atom. The van der Waals surface area contributed by atoms with Crippen LogP contribution in [0.4, 0.5) is 8.78 Å². The zero-order valence-electron chi connectivity index (χ0n) is 14.0. The van der Waals surface area contributed by atoms with Crippen molar-refractivity contribution in [2.45, 2.75) is 25.4 Å². The number of hydrogen-bond donors (Lipinski definition) is 2. The maximum absolute atomic E-state index is 14.2. The molecule has 0 aromatic heterocycles. The van der Waals surface area contributed by atoms with Gasteiger partial charge in [-0.2, -0.15) is 0 Å². The Morgan fingerprint density at radius 3 is 2.58 bits per heavy atom. The minimum Gasteiger partial charge on any atom is -0.489 e. The van der Waals surface area contributed by atoms with Crippen molar-refractivity contribution in [1.82, 2.24) is 5.32 Å². The van der Waals surface area contributed by atoms with Gasteiger partial charge in [-0.3, -0.25) is 4.79 Å². The Kier molecular flexibility index (Phi) is 6.08. The van der Waals surface area contributed by atoms with Gasteiger partial charge in [0.2, 0.25) is 0 Å². The van der Waals surface area contributed by atoms with Gasteiger partial charge >= 0.3 is 0 Å². The maximum atomic E-state index is 14.2. The first-order valence-corrected chi connectivity index (χ1v) is 9.45. The van der Waals surface area contributed by atoms with Crippen molar-refractivity contribution in [3.63, 3.8) is 0 Å². The fourth-order valence-electron chi connectivity index (χ4n) is 3.11. The van der Waals surface area contributed by atoms with Gasteiger partial charge in [-0.15, -0.1) is 0 Å². The molecule has 1 fully saturated rings. The van der Waals surface area contributed by atoms with E-state index in [1.807, 2.05) is 22.6 Å². The summed E-state index contributed by atoms with van der Waals surface area (Å²) in [4.78, 5) is 12.0. The zero-order chi connectivity index (χ0) is 18.7. The second-order valence-corrected chi connectivity index (χ2v) is 7.53. The van der Waals surface area contributed by atoms with Crippen molar-refractivity contribution in [1.29, 1.82) is 0 Å². The minimum atomic E-state index is -0.713. The Bertz CT molecular complexity index is 823. The van der Waals surface area contributed by atoms with Crippen LogP contribution in [0.2, 0.25) is 0 Å². The monoisotopic (exact) mass is 472 g/mol. The average Bonchev–Trinajstić information content (AvgIpc) is 2.57. The molecule has 4 nitrogen and oxygen atoms in total. The second kappa shape index (κ2) is 8.30. The number of amides is 1. The van der Waals surface area contributed by atoms with Gasteiger partial charge in [0.15, 0.2) is 0 Å². The lowest BCUT2D eigenvalue weighted by molar-refractivity contribution is 0.0988. The van der Waals surface area contributed by atoms with Crippen molar-refractivity contribution in [3.8, 4) is 5.75 Å². The Balaban J connectivity index is 1.96. The van der Waals surface area contributed by atoms with Crippen LogP contribution in [0.3, 0.4) is 0 Å². The molecule has 0 radical (unpaired) electrons. The van der Waals surface area contributed by atoms with Gasteiger partial charge < -0.3 is 15.8 Å². The summed E-state index contributed by atoms with van der Waals surface area (Å²) in [6, 6.07) is 7.17. The molecule has 0 atom stereocenters. The van der Waals surface area contributed by atoms with Crippen LogP contribution in [-0.4, -0.2) is 25.1 Å². The van der Waals surface area contributed by atoms with Crippen LogP contribution in [0.15, 0.2) is 30.3 Å². The molecular weight excluding hydrogens is 453 g/mol. The summed E-state index contributed by atoms with van der Waals surface area (Å²) in [7, 11) is 0. The van der Waals surface area contributed by atoms with Gasteiger partial charge in [-0.1, -0.05) is 6.07 Å². The number of rotatable bonds is 5. The largest absolute Gasteiger partial charge is 0.489 e. The Morgan fingerprint density at radius 1 is 1.19 bits per heavy atom. The van der Waals surface area contributed by atoms with Crippen LogP contribution in [0.5, 0.6) is 5.75 Å². The van der Waals surface area contributed by atoms with E-state index in [0.717, 1.165) is 29.5 Å². The summed E-state index contributed by atoms with van der Waals surface area (Å²) >= 11 is 2.01. The first-order chi connectivity index (χ1) is 12.4. The van der Waals surface area contributed by atoms with Crippen LogP contribution in [0.1, 0.15) is 34.3 Å². The fourth-order valence-corrected chi connectivity index (χ4v) is 3.56. The molecule has 7 heteroatoms. The number of hydrogen-bond acceptors (Lipinski definition) is 3. The first kappa shape index (κ1) is 19.0. The summed E-state index contributed by atoms with van der Waals surface area (Å²) in [6.45, 7) is 1.60. The lowest BCUT2D eigenvalue weighted by atomic mass is 9.97. The zero-order valence-corrected chi connectivity index (χ0v) is 16.2. The quantitative estimate of drug-likeness (QED) is 0.657. The predicted octanol–water partition coefficient (Wildman–Crippen LogP) is 3.39. The highest BCUT2D eigenvalue weighted by Gasteiger charge is 2.22. The summed E-state index contributed by atoms with van der Waals surface area (Å²) in [6.07, 6.45) is 1.46. The summed E-state index contributed by atoms with van der Waals surface area (Å²) in [5, 5.41) is 3.22. The smallest absolute Gasteiger partial charge is 0.252 e. The molecule has 1 amide bonds. The van der Waals surface area contributed by atoms with E-state index in [9.17, 15) is 13.6 Å². The van der Waals surface area contributed by atoms with Gasteiger partial charge in [0, 0.05) is 16.1 Å². The van der Waals surface area contributed by atoms with Crippen LogP contribution >= 0.6 is 22.6 Å². The molecule has 0 bridgehead atoms. The van der Waals surface area contributed by atoms with Crippen molar-refractivity contribution < 1.29 is 18.3 Å². The lowest BCUT2D eigenvalue weighted by Gasteiger charge is -2.25. The van der Waals surface area contributed by atoms with E-state index in [-0.39, 0.29) is 23.8 Å². The van der Waals surface area contributed by atoms with Crippen LogP contribution < -0.4 is 15.8 Å². The van der Waals surface area contributed by atoms with Crippen molar-refractivity contribution in [2.24, 2.45) is 5.73 Å². The number of nitrogens with two attached hydrogens (primary N) is 1. The molecule has 0 spiro atoms. The van der Waals surface area contributed by atoms with Gasteiger partial charge in [0.1, 0.15) is 23.5 Å². The summed E-state index contributed by atoms with van der Waals surface area (Å²) < 4.78 is 35.0. The molecule has 1 heterocycles. The van der Waals surface area contributed by atoms with E-state index in [0.29, 0.717) is 11.1 Å². The Hall–Kier alpha value is -1.74. The fraction of sp³-hybridized carbons (Fsp3) is 0.316. The van der Waals surface area contributed by atoms with Crippen LogP contribution in [0, 0.1) is 15.2 Å². The topological polar surface area (TPSA) is 64.4 Å². The van der Waals surface area contributed by atoms with E-state index in [1.54, 1.807) is 12.1 Å². The number of halogens is 3. The third-order valence-corrected chi connectivity index (χ3v) is 5.04. The maximum Gasteiger partial charge on any atom is 0.252 e. The Labute approximate surface area is 164 Å². The van der Waals surface area contributed by atoms with E-state index in [4.69, 9.17) is 10.5 Å². The molecule has 1 aliphatic rings. The number of piperidine rings is 1. The van der Waals surface area contributed by atoms with Crippen LogP contribution in [0.25, 0.3) is 0 Å². The molecule has 3 N–H and O–H groups in total. The standard InChI is InChI=1S/C19H19F2IN2O2/c20-13-8-12(7-11-1-2-14(22)10-16(11)21)18(19(23)25)17(9-13)26-15-3-5-24-6-4-15/h1-2,8-10,15,24H,3-7H2,(H2,23,25). The molecule has 3 rings (SSSR count). The highest BCUT2D eigenvalue weighted by Crippen LogP contribution is 2.29. The predicted molar refractivity (Wildman–Crippen MR) is 103 cm³/mol. The van der Waals surface area contributed by atoms with Gasteiger partial charge in [-0.05, 0) is 77.8 Å². The van der Waals surface area contributed by atoms with E-state index < -0.39 is 17.5 Å². The van der Waals surface area contributed by atoms with Crippen LogP contribution in [-0.2, 0) is 6.42 Å². The van der Waals surface area contributed by atoms with E-state index in [2.05, 4.69) is 5.32 Å². The number of ether oxygens (including phenoxy) is 1. The lowest BCUT2D eigenvalue weighted by Crippen LogP contribution is -2.34. The van der Waals surface area contributed by atoms with E-state index >= 15 is 0 Å². The van der Waals surface area contributed by atoms with E-state index in [1.165, 1.54) is 18.2 Å². The normalized spacial score (nSPS) is 15.0. The number of carbonyl (C=O) groups is 1. The van der Waals surface area contributed by atoms with Gasteiger partial charge in [-0.25, -0.2) is 8.78 Å². The molecule has 2 aromatic carbocycles. The highest BCUT2D eigenvalue weighted by molar-refractivity contribution is 14.1. The number of carbonyl (C=O) groups excluding carboxylic acids is 1. The van der Waals surface area contributed by atoms with Crippen molar-refractivity contribution in [2.75, 3.05) is 13.1 Å². The number of nitrogens with one attached hydrogen (secondary N) is 1. The van der Waals surface area contributed by atoms with Gasteiger partial charge in [0.25, 0.3) is 5.91 Å². The molecular formula is C19H19F2IN2O2. The molecule has 0 saturated carbocycles. The molecule has 1 aliphatic heterocycles. The molecule has 0 unspecified atom stereocenters. The number of primary amides is 1. The molecule has 2 aromatic rings. The molecule has 138 valence electrons. The van der Waals surface area contributed by atoms with Crippen molar-refractivity contribution in [3.05, 3.63) is 62.2 Å². The molecule has 26 heavy (non-hydrogen) atoms. The SMILES string of the molecule is NC(=O)c1c(Cc2ccc(I)cc2F)cc(F)cc1OC1CCNCC1. The third-order valence-electron chi connectivity index (χ3n) is 4.37. The summed E-state index contributed by atoms with van der Waals surface area (Å²) in [5.41, 5.74) is 6.34. The van der Waals surface area contributed by atoms with Crippen molar-refractivity contribution >= 4 is 28.5 Å². The molecule has 1 saturated heterocycles. The second-order valence-electron chi connectivity index (χ2n) is 6.28. The summed E-state index contributed by atoms with van der Waals surface area (Å²) in [5.74, 6) is -1.53. The first-order valence-electron chi connectivity index (χ1n) is 8.37. The minimum absolute atomic E-state index is 0.0569. The number of benzene rings is 2. The van der Waals surface area contributed by atoms with Gasteiger partial charge in [0.05, 0.1) is 5.56 Å². The average molecular weight is 472 g/mol.